The number of hydrogen-bond acceptors (Lipinski definition) is 3. The average molecular weight is 306 g/mol. The summed E-state index contributed by atoms with van der Waals surface area (Å²) in [4.78, 5) is 23.9. The number of para-hydroxylation sites is 1. The second-order valence-corrected chi connectivity index (χ2v) is 5.46. The first-order valence-electron chi connectivity index (χ1n) is 7.93. The van der Waals surface area contributed by atoms with Gasteiger partial charge < -0.3 is 5.11 Å². The molecule has 1 amide bonds. The number of anilines is 1. The third kappa shape index (κ3) is 5.76. The van der Waals surface area contributed by atoms with Gasteiger partial charge in [0.25, 0.3) is 0 Å². The summed E-state index contributed by atoms with van der Waals surface area (Å²) in [7, 11) is 0. The van der Waals surface area contributed by atoms with Crippen LogP contribution in [0.25, 0.3) is 0 Å². The van der Waals surface area contributed by atoms with E-state index < -0.39 is 17.8 Å². The minimum Gasteiger partial charge on any atom is -0.481 e. The molecule has 1 aromatic rings. The smallest absolute Gasteiger partial charge is 0.307 e. The van der Waals surface area contributed by atoms with E-state index in [0.717, 1.165) is 24.9 Å². The number of benzene rings is 1. The van der Waals surface area contributed by atoms with Crippen LogP contribution in [0.2, 0.25) is 0 Å². The Balaban J connectivity index is 2.72. The van der Waals surface area contributed by atoms with E-state index in [1.807, 2.05) is 44.2 Å². The van der Waals surface area contributed by atoms with Crippen LogP contribution in [-0.4, -0.2) is 17.0 Å². The zero-order valence-corrected chi connectivity index (χ0v) is 13.3. The highest BCUT2D eigenvalue weighted by atomic mass is 16.4. The Morgan fingerprint density at radius 3 is 2.27 bits per heavy atom. The van der Waals surface area contributed by atoms with Gasteiger partial charge in [-0.15, -0.1) is 0 Å². The molecule has 0 aliphatic carbocycles. The topological polar surface area (TPSA) is 78.4 Å². The first-order valence-corrected chi connectivity index (χ1v) is 7.93. The van der Waals surface area contributed by atoms with Gasteiger partial charge in [0.15, 0.2) is 0 Å². The fourth-order valence-electron chi connectivity index (χ4n) is 2.49. The summed E-state index contributed by atoms with van der Waals surface area (Å²) < 4.78 is 0. The Morgan fingerprint density at radius 2 is 1.73 bits per heavy atom. The number of nitrogens with one attached hydrogen (secondary N) is 2. The number of hydrogen-bond donors (Lipinski definition) is 3. The van der Waals surface area contributed by atoms with E-state index in [1.165, 1.54) is 0 Å². The number of aliphatic carboxylic acids is 1. The lowest BCUT2D eigenvalue weighted by atomic mass is 9.84. The number of unbranched alkanes of at least 4 members (excludes halogenated alkanes) is 1. The normalized spacial score (nSPS) is 13.2. The molecule has 122 valence electrons. The van der Waals surface area contributed by atoms with Gasteiger partial charge in [-0.05, 0) is 25.0 Å². The van der Waals surface area contributed by atoms with Crippen molar-refractivity contribution in [1.29, 1.82) is 0 Å². The largest absolute Gasteiger partial charge is 0.481 e. The molecule has 2 unspecified atom stereocenters. The van der Waals surface area contributed by atoms with Gasteiger partial charge >= 0.3 is 5.97 Å². The quantitative estimate of drug-likeness (QED) is 0.579. The predicted molar refractivity (Wildman–Crippen MR) is 87.3 cm³/mol. The minimum absolute atomic E-state index is 0.252. The third-order valence-electron chi connectivity index (χ3n) is 3.71. The van der Waals surface area contributed by atoms with E-state index in [9.17, 15) is 14.7 Å². The van der Waals surface area contributed by atoms with Gasteiger partial charge in [-0.3, -0.25) is 20.4 Å². The van der Waals surface area contributed by atoms with Gasteiger partial charge in [0, 0.05) is 0 Å². The maximum Gasteiger partial charge on any atom is 0.307 e. The third-order valence-corrected chi connectivity index (χ3v) is 3.71. The Bertz CT molecular complexity index is 462. The van der Waals surface area contributed by atoms with Crippen molar-refractivity contribution in [1.82, 2.24) is 5.43 Å². The van der Waals surface area contributed by atoms with E-state index in [-0.39, 0.29) is 5.91 Å². The molecule has 0 aromatic heterocycles. The lowest BCUT2D eigenvalue weighted by Crippen LogP contribution is -2.40. The SMILES string of the molecule is CCCCC(C(=O)NNc1ccccc1)C(CCC)C(=O)O. The Kier molecular flexibility index (Phi) is 8.04. The number of carbonyl (C=O) groups excluding carboxylic acids is 1. The van der Waals surface area contributed by atoms with E-state index in [1.54, 1.807) is 0 Å². The molecule has 1 aromatic carbocycles. The van der Waals surface area contributed by atoms with E-state index in [0.29, 0.717) is 12.8 Å². The lowest BCUT2D eigenvalue weighted by Gasteiger charge is -2.23. The second-order valence-electron chi connectivity index (χ2n) is 5.46. The molecule has 3 N–H and O–H groups in total. The lowest BCUT2D eigenvalue weighted by molar-refractivity contribution is -0.147. The fraction of sp³-hybridized carbons (Fsp3) is 0.529. The molecule has 2 atom stereocenters. The standard InChI is InChI=1S/C17H26N2O3/c1-3-5-12-14(15(9-4-2)17(21)22)16(20)19-18-13-10-7-6-8-11-13/h6-8,10-11,14-15,18H,3-5,9,12H2,1-2H3,(H,19,20)(H,21,22). The highest BCUT2D eigenvalue weighted by molar-refractivity contribution is 5.85. The van der Waals surface area contributed by atoms with Crippen molar-refractivity contribution in [2.75, 3.05) is 5.43 Å². The molecule has 5 nitrogen and oxygen atoms in total. The summed E-state index contributed by atoms with van der Waals surface area (Å²) in [5.74, 6) is -2.28. The monoisotopic (exact) mass is 306 g/mol. The first-order chi connectivity index (χ1) is 10.6. The minimum atomic E-state index is -0.891. The van der Waals surface area contributed by atoms with E-state index >= 15 is 0 Å². The number of carbonyl (C=O) groups is 2. The summed E-state index contributed by atoms with van der Waals surface area (Å²) in [6.07, 6.45) is 3.64. The van der Waals surface area contributed by atoms with Gasteiger partial charge in [0.05, 0.1) is 17.5 Å². The summed E-state index contributed by atoms with van der Waals surface area (Å²) in [6.45, 7) is 3.97. The molecule has 0 heterocycles. The molecule has 0 aliphatic rings. The summed E-state index contributed by atoms with van der Waals surface area (Å²) in [5.41, 5.74) is 6.26. The number of amides is 1. The van der Waals surface area contributed by atoms with Crippen LogP contribution in [0.3, 0.4) is 0 Å². The second kappa shape index (κ2) is 9.82. The average Bonchev–Trinajstić information content (AvgIpc) is 2.53. The van der Waals surface area contributed by atoms with Gasteiger partial charge in [-0.2, -0.15) is 0 Å². The van der Waals surface area contributed by atoms with Crippen molar-refractivity contribution in [2.45, 2.75) is 46.0 Å². The molecule has 0 aliphatic heterocycles. The Morgan fingerprint density at radius 1 is 1.05 bits per heavy atom. The molecular formula is C17H26N2O3. The van der Waals surface area contributed by atoms with Crippen molar-refractivity contribution in [3.05, 3.63) is 30.3 Å². The fourth-order valence-corrected chi connectivity index (χ4v) is 2.49. The molecule has 0 radical (unpaired) electrons. The number of carboxylic acid groups (broad SMARTS) is 1. The van der Waals surface area contributed by atoms with Gasteiger partial charge in [-0.1, -0.05) is 51.3 Å². The van der Waals surface area contributed by atoms with Crippen LogP contribution in [-0.2, 0) is 9.59 Å². The maximum absolute atomic E-state index is 12.4. The van der Waals surface area contributed by atoms with Crippen LogP contribution < -0.4 is 10.9 Å². The number of carboxylic acids is 1. The molecular weight excluding hydrogens is 280 g/mol. The van der Waals surface area contributed by atoms with Crippen molar-refractivity contribution in [3.63, 3.8) is 0 Å². The molecule has 22 heavy (non-hydrogen) atoms. The van der Waals surface area contributed by atoms with Crippen LogP contribution in [0.5, 0.6) is 0 Å². The first kappa shape index (κ1) is 18.0. The highest BCUT2D eigenvalue weighted by Crippen LogP contribution is 2.24. The Hall–Kier alpha value is -2.04. The van der Waals surface area contributed by atoms with Crippen LogP contribution >= 0.6 is 0 Å². The zero-order valence-electron chi connectivity index (χ0n) is 13.3. The Labute approximate surface area is 132 Å². The van der Waals surface area contributed by atoms with Gasteiger partial charge in [0.1, 0.15) is 0 Å². The molecule has 0 saturated carbocycles. The predicted octanol–water partition coefficient (Wildman–Crippen LogP) is 3.44. The summed E-state index contributed by atoms with van der Waals surface area (Å²) >= 11 is 0. The maximum atomic E-state index is 12.4. The zero-order chi connectivity index (χ0) is 16.4. The number of hydrazine groups is 1. The molecule has 0 bridgehead atoms. The van der Waals surface area contributed by atoms with E-state index in [4.69, 9.17) is 0 Å². The van der Waals surface area contributed by atoms with Crippen molar-refractivity contribution < 1.29 is 14.7 Å². The number of rotatable bonds is 10. The van der Waals surface area contributed by atoms with Crippen LogP contribution in [0.1, 0.15) is 46.0 Å². The van der Waals surface area contributed by atoms with Crippen LogP contribution in [0.15, 0.2) is 30.3 Å². The van der Waals surface area contributed by atoms with Gasteiger partial charge in [0.2, 0.25) is 5.91 Å². The highest BCUT2D eigenvalue weighted by Gasteiger charge is 2.32. The summed E-state index contributed by atoms with van der Waals surface area (Å²) in [6, 6.07) is 9.28. The molecule has 1 rings (SSSR count). The van der Waals surface area contributed by atoms with Crippen LogP contribution in [0, 0.1) is 11.8 Å². The van der Waals surface area contributed by atoms with Crippen LogP contribution in [0.4, 0.5) is 5.69 Å². The van der Waals surface area contributed by atoms with Gasteiger partial charge in [-0.25, -0.2) is 0 Å². The molecule has 0 spiro atoms. The molecule has 0 fully saturated rings. The van der Waals surface area contributed by atoms with Crippen molar-refractivity contribution in [2.24, 2.45) is 11.8 Å². The van der Waals surface area contributed by atoms with E-state index in [2.05, 4.69) is 10.9 Å². The molecule has 5 heteroatoms. The van der Waals surface area contributed by atoms with Crippen molar-refractivity contribution in [3.8, 4) is 0 Å². The molecule has 0 saturated heterocycles. The summed E-state index contributed by atoms with van der Waals surface area (Å²) in [5, 5.41) is 9.41. The van der Waals surface area contributed by atoms with Crippen molar-refractivity contribution >= 4 is 17.6 Å².